The van der Waals surface area contributed by atoms with E-state index in [-0.39, 0.29) is 18.4 Å². The molecule has 94 valence electrons. The fourth-order valence-corrected chi connectivity index (χ4v) is 1.88. The minimum absolute atomic E-state index is 0.0827. The lowest BCUT2D eigenvalue weighted by Crippen LogP contribution is -2.40. The third-order valence-corrected chi connectivity index (χ3v) is 3.06. The number of carbonyl (C=O) groups excluding carboxylic acids is 1. The van der Waals surface area contributed by atoms with Crippen LogP contribution in [0.4, 0.5) is 0 Å². The summed E-state index contributed by atoms with van der Waals surface area (Å²) < 4.78 is 0. The first kappa shape index (κ1) is 13.9. The summed E-state index contributed by atoms with van der Waals surface area (Å²) in [6.45, 7) is 7.27. The quantitative estimate of drug-likeness (QED) is 0.765. The summed E-state index contributed by atoms with van der Waals surface area (Å²) in [6.07, 6.45) is 0. The van der Waals surface area contributed by atoms with Crippen molar-refractivity contribution in [2.75, 3.05) is 19.7 Å². The summed E-state index contributed by atoms with van der Waals surface area (Å²) in [5.74, 6) is 0.111. The van der Waals surface area contributed by atoms with E-state index in [1.165, 1.54) is 0 Å². The monoisotopic (exact) mass is 235 g/mol. The van der Waals surface area contributed by atoms with E-state index in [2.05, 4.69) is 0 Å². The lowest BCUT2D eigenvalue weighted by molar-refractivity contribution is 0.0817. The second-order valence-corrected chi connectivity index (χ2v) is 4.26. The number of nitrogens with zero attached hydrogens (tertiary/aromatic N) is 1. The molecule has 1 unspecified atom stereocenters. The van der Waals surface area contributed by atoms with E-state index in [9.17, 15) is 4.79 Å². The van der Waals surface area contributed by atoms with Crippen molar-refractivity contribution in [3.63, 3.8) is 0 Å². The molecule has 1 rings (SSSR count). The highest BCUT2D eigenvalue weighted by Crippen LogP contribution is 2.10. The van der Waals surface area contributed by atoms with Crippen molar-refractivity contribution in [2.45, 2.75) is 26.8 Å². The van der Waals surface area contributed by atoms with Crippen molar-refractivity contribution in [1.82, 2.24) is 4.90 Å². The van der Waals surface area contributed by atoms with E-state index in [0.717, 1.165) is 17.7 Å². The molecule has 1 atom stereocenters. The van der Waals surface area contributed by atoms with Crippen molar-refractivity contribution in [2.24, 2.45) is 0 Å². The Morgan fingerprint density at radius 1 is 1.35 bits per heavy atom. The Balaban J connectivity index is 2.77. The molecule has 3 heteroatoms. The zero-order chi connectivity index (χ0) is 12.8. The summed E-state index contributed by atoms with van der Waals surface area (Å²) in [6, 6.07) is 7.43. The van der Waals surface area contributed by atoms with Gasteiger partial charge in [-0.15, -0.1) is 0 Å². The molecule has 0 radical (unpaired) electrons. The van der Waals surface area contributed by atoms with Gasteiger partial charge in [-0.1, -0.05) is 36.8 Å². The maximum absolute atomic E-state index is 12.2. The molecule has 0 aliphatic heterocycles. The number of aliphatic hydroxyl groups excluding tert-OH is 1. The Morgan fingerprint density at radius 2 is 1.94 bits per heavy atom. The zero-order valence-corrected chi connectivity index (χ0v) is 10.8. The maximum atomic E-state index is 12.2. The number of rotatable bonds is 6. The fraction of sp³-hybridized carbons (Fsp3) is 0.500. The zero-order valence-electron chi connectivity index (χ0n) is 10.8. The molecule has 0 aromatic heterocycles. The molecule has 0 amide bonds. The van der Waals surface area contributed by atoms with Crippen LogP contribution in [0.5, 0.6) is 0 Å². The molecule has 0 heterocycles. The number of ketones is 1. The number of likely N-dealkylation sites (N-methyl/N-ethyl adjacent to an activating group) is 1. The molecule has 1 aromatic carbocycles. The van der Waals surface area contributed by atoms with Crippen LogP contribution in [-0.4, -0.2) is 41.5 Å². The third-order valence-electron chi connectivity index (χ3n) is 3.06. The van der Waals surface area contributed by atoms with Gasteiger partial charge in [0.25, 0.3) is 0 Å². The van der Waals surface area contributed by atoms with Gasteiger partial charge in [-0.3, -0.25) is 9.69 Å². The number of hydrogen-bond donors (Lipinski definition) is 1. The highest BCUT2D eigenvalue weighted by molar-refractivity contribution is 5.99. The molecular formula is C14H21NO2. The Morgan fingerprint density at radius 3 is 2.41 bits per heavy atom. The van der Waals surface area contributed by atoms with Crippen molar-refractivity contribution < 1.29 is 9.90 Å². The second kappa shape index (κ2) is 6.52. The van der Waals surface area contributed by atoms with Gasteiger partial charge in [0, 0.05) is 12.1 Å². The number of benzene rings is 1. The molecule has 0 aliphatic rings. The molecule has 0 spiro atoms. The van der Waals surface area contributed by atoms with E-state index in [1.807, 2.05) is 49.9 Å². The first-order valence-corrected chi connectivity index (χ1v) is 6.06. The predicted molar refractivity (Wildman–Crippen MR) is 69.3 cm³/mol. The maximum Gasteiger partial charge on any atom is 0.179 e. The van der Waals surface area contributed by atoms with Crippen molar-refractivity contribution in [3.05, 3.63) is 35.4 Å². The van der Waals surface area contributed by atoms with Gasteiger partial charge < -0.3 is 5.11 Å². The molecule has 0 saturated heterocycles. The molecule has 3 nitrogen and oxygen atoms in total. The summed E-state index contributed by atoms with van der Waals surface area (Å²) in [5.41, 5.74) is 1.89. The Kier molecular flexibility index (Phi) is 5.32. The van der Waals surface area contributed by atoms with Crippen LogP contribution in [-0.2, 0) is 0 Å². The van der Waals surface area contributed by atoms with Crippen LogP contribution in [0.25, 0.3) is 0 Å². The summed E-state index contributed by atoms with van der Waals surface area (Å²) in [4.78, 5) is 14.2. The topological polar surface area (TPSA) is 40.5 Å². The van der Waals surface area contributed by atoms with E-state index >= 15 is 0 Å². The molecule has 0 bridgehead atoms. The van der Waals surface area contributed by atoms with Crippen LogP contribution < -0.4 is 0 Å². The molecule has 0 saturated carbocycles. The minimum atomic E-state index is -0.185. The Hall–Kier alpha value is -1.19. The second-order valence-electron chi connectivity index (χ2n) is 4.26. The highest BCUT2D eigenvalue weighted by atomic mass is 16.3. The molecular weight excluding hydrogens is 214 g/mol. The van der Waals surface area contributed by atoms with Gasteiger partial charge in [-0.2, -0.15) is 0 Å². The number of Topliss-reactive ketones (excluding diaryl/α,β-unsaturated/α-hetero) is 1. The third kappa shape index (κ3) is 3.65. The summed E-state index contributed by atoms with van der Waals surface area (Å²) in [5, 5.41) is 8.95. The first-order chi connectivity index (χ1) is 8.10. The fourth-order valence-electron chi connectivity index (χ4n) is 1.88. The van der Waals surface area contributed by atoms with Crippen LogP contribution in [0.1, 0.15) is 29.8 Å². The average Bonchev–Trinajstić information content (AvgIpc) is 2.35. The molecule has 1 N–H and O–H groups in total. The number of aliphatic hydroxyl groups is 1. The molecule has 17 heavy (non-hydrogen) atoms. The number of aryl methyl sites for hydroxylation is 1. The van der Waals surface area contributed by atoms with Gasteiger partial charge >= 0.3 is 0 Å². The standard InChI is InChI=1S/C14H21NO2/c1-4-15(9-10-16)12(3)14(17)13-7-5-11(2)6-8-13/h5-8,12,16H,4,9-10H2,1-3H3. The first-order valence-electron chi connectivity index (χ1n) is 6.06. The van der Waals surface area contributed by atoms with Gasteiger partial charge in [0.05, 0.1) is 12.6 Å². The lowest BCUT2D eigenvalue weighted by Gasteiger charge is -2.25. The van der Waals surface area contributed by atoms with Crippen LogP contribution in [0.15, 0.2) is 24.3 Å². The lowest BCUT2D eigenvalue weighted by atomic mass is 10.0. The summed E-state index contributed by atoms with van der Waals surface area (Å²) >= 11 is 0. The van der Waals surface area contributed by atoms with Gasteiger partial charge in [0.2, 0.25) is 0 Å². The summed E-state index contributed by atoms with van der Waals surface area (Å²) in [7, 11) is 0. The van der Waals surface area contributed by atoms with Crippen LogP contribution in [0.2, 0.25) is 0 Å². The Bertz CT molecular complexity index is 359. The number of hydrogen-bond acceptors (Lipinski definition) is 3. The SMILES string of the molecule is CCN(CCO)C(C)C(=O)c1ccc(C)cc1. The Labute approximate surface area is 103 Å². The van der Waals surface area contributed by atoms with Crippen molar-refractivity contribution in [1.29, 1.82) is 0 Å². The van der Waals surface area contributed by atoms with Gasteiger partial charge in [-0.25, -0.2) is 0 Å². The van der Waals surface area contributed by atoms with E-state index in [0.29, 0.717) is 6.54 Å². The van der Waals surface area contributed by atoms with Gasteiger partial charge in [0.1, 0.15) is 0 Å². The van der Waals surface area contributed by atoms with Gasteiger partial charge in [0.15, 0.2) is 5.78 Å². The van der Waals surface area contributed by atoms with Crippen LogP contribution in [0.3, 0.4) is 0 Å². The van der Waals surface area contributed by atoms with Gasteiger partial charge in [-0.05, 0) is 20.4 Å². The van der Waals surface area contributed by atoms with E-state index < -0.39 is 0 Å². The molecule has 0 fully saturated rings. The van der Waals surface area contributed by atoms with Crippen molar-refractivity contribution in [3.8, 4) is 0 Å². The van der Waals surface area contributed by atoms with E-state index in [4.69, 9.17) is 5.11 Å². The van der Waals surface area contributed by atoms with Crippen LogP contribution >= 0.6 is 0 Å². The average molecular weight is 235 g/mol. The predicted octanol–water partition coefficient (Wildman–Crippen LogP) is 1.88. The van der Waals surface area contributed by atoms with Crippen LogP contribution in [0, 0.1) is 6.92 Å². The minimum Gasteiger partial charge on any atom is -0.395 e. The number of carbonyl (C=O) groups is 1. The largest absolute Gasteiger partial charge is 0.395 e. The molecule has 1 aromatic rings. The van der Waals surface area contributed by atoms with Crippen molar-refractivity contribution >= 4 is 5.78 Å². The highest BCUT2D eigenvalue weighted by Gasteiger charge is 2.20. The normalized spacial score (nSPS) is 12.8. The molecule has 0 aliphatic carbocycles. The smallest absolute Gasteiger partial charge is 0.179 e. The van der Waals surface area contributed by atoms with E-state index in [1.54, 1.807) is 0 Å².